The van der Waals surface area contributed by atoms with Crippen molar-refractivity contribution in [2.75, 3.05) is 11.1 Å². The fourth-order valence-electron chi connectivity index (χ4n) is 1.27. The van der Waals surface area contributed by atoms with Gasteiger partial charge in [-0.3, -0.25) is 0 Å². The number of rotatable bonds is 1. The van der Waals surface area contributed by atoms with Gasteiger partial charge in [-0.05, 0) is 18.2 Å². The third-order valence-corrected chi connectivity index (χ3v) is 4.35. The van der Waals surface area contributed by atoms with Crippen LogP contribution in [-0.4, -0.2) is 19.3 Å². The number of hydrogen-bond acceptors (Lipinski definition) is 5. The number of benzene rings is 1. The van der Waals surface area contributed by atoms with Crippen molar-refractivity contribution in [3.8, 4) is 6.07 Å². The lowest BCUT2D eigenvalue weighted by molar-refractivity contribution is 0.598. The highest BCUT2D eigenvalue weighted by atomic mass is 35.5. The lowest BCUT2D eigenvalue weighted by Crippen LogP contribution is -2.19. The van der Waals surface area contributed by atoms with Gasteiger partial charge in [-0.25, -0.2) is 0 Å². The first-order valence-corrected chi connectivity index (χ1v) is 7.24. The lowest BCUT2D eigenvalue weighted by atomic mass is 10.3. The van der Waals surface area contributed by atoms with Crippen molar-refractivity contribution in [3.05, 3.63) is 23.2 Å². The molecule has 0 atom stereocenters. The standard InChI is InChI=1S/C9H6ClN3O2S2/c10-6-1-2-7-8(5-6)17(14,15)13-9(12-7)16-4-3-11/h1-2,5H,4H2,(H,12,13). The molecule has 1 aliphatic heterocycles. The van der Waals surface area contributed by atoms with Crippen molar-refractivity contribution in [1.29, 1.82) is 5.26 Å². The van der Waals surface area contributed by atoms with Crippen LogP contribution in [0.2, 0.25) is 5.02 Å². The monoisotopic (exact) mass is 287 g/mol. The maximum Gasteiger partial charge on any atom is 0.286 e. The van der Waals surface area contributed by atoms with Crippen LogP contribution >= 0.6 is 23.4 Å². The Balaban J connectivity index is 2.44. The van der Waals surface area contributed by atoms with Crippen LogP contribution < -0.4 is 5.32 Å². The lowest BCUT2D eigenvalue weighted by Gasteiger charge is -2.16. The van der Waals surface area contributed by atoms with Gasteiger partial charge in [0.05, 0.1) is 17.5 Å². The van der Waals surface area contributed by atoms with Crippen molar-refractivity contribution in [1.82, 2.24) is 0 Å². The fourth-order valence-corrected chi connectivity index (χ4v) is 3.43. The molecule has 17 heavy (non-hydrogen) atoms. The van der Waals surface area contributed by atoms with Gasteiger partial charge in [0.25, 0.3) is 10.0 Å². The van der Waals surface area contributed by atoms with E-state index in [2.05, 4.69) is 9.71 Å². The molecule has 0 fully saturated rings. The first-order chi connectivity index (χ1) is 8.03. The van der Waals surface area contributed by atoms with Gasteiger partial charge >= 0.3 is 0 Å². The maximum atomic E-state index is 11.8. The van der Waals surface area contributed by atoms with E-state index < -0.39 is 10.0 Å². The molecule has 0 saturated heterocycles. The second-order valence-electron chi connectivity index (χ2n) is 3.08. The summed E-state index contributed by atoms with van der Waals surface area (Å²) in [5.74, 6) is 0.129. The number of nitriles is 1. The van der Waals surface area contributed by atoms with Crippen LogP contribution in [0.3, 0.4) is 0 Å². The number of halogens is 1. The molecule has 5 nitrogen and oxygen atoms in total. The fraction of sp³-hybridized carbons (Fsp3) is 0.111. The van der Waals surface area contributed by atoms with Crippen LogP contribution in [0.1, 0.15) is 0 Å². The van der Waals surface area contributed by atoms with Crippen molar-refractivity contribution in [2.45, 2.75) is 4.90 Å². The van der Waals surface area contributed by atoms with Crippen LogP contribution in [0.5, 0.6) is 0 Å². The van der Waals surface area contributed by atoms with Gasteiger partial charge in [0.2, 0.25) is 0 Å². The Hall–Kier alpha value is -1.23. The van der Waals surface area contributed by atoms with Gasteiger partial charge in [-0.2, -0.15) is 13.7 Å². The summed E-state index contributed by atoms with van der Waals surface area (Å²) < 4.78 is 27.2. The minimum atomic E-state index is -3.73. The van der Waals surface area contributed by atoms with E-state index in [1.54, 1.807) is 12.1 Å². The molecule has 0 saturated carbocycles. The topological polar surface area (TPSA) is 82.3 Å². The summed E-state index contributed by atoms with van der Waals surface area (Å²) in [5, 5.41) is 11.8. The minimum Gasteiger partial charge on any atom is -0.333 e. The van der Waals surface area contributed by atoms with Crippen LogP contribution in [0, 0.1) is 11.3 Å². The van der Waals surface area contributed by atoms with Gasteiger partial charge in [0.15, 0.2) is 5.17 Å². The number of sulfonamides is 1. The second-order valence-corrected chi connectivity index (χ2v) is 6.06. The maximum absolute atomic E-state index is 11.8. The number of nitrogens with one attached hydrogen (secondary N) is 1. The van der Waals surface area contributed by atoms with E-state index in [0.29, 0.717) is 10.7 Å². The first kappa shape index (κ1) is 12.2. The Labute approximate surface area is 108 Å². The summed E-state index contributed by atoms with van der Waals surface area (Å²) in [6.07, 6.45) is 0. The molecule has 8 heteroatoms. The highest BCUT2D eigenvalue weighted by molar-refractivity contribution is 8.15. The quantitative estimate of drug-likeness (QED) is 0.855. The largest absolute Gasteiger partial charge is 0.333 e. The molecule has 0 aromatic heterocycles. The second kappa shape index (κ2) is 4.56. The summed E-state index contributed by atoms with van der Waals surface area (Å²) in [4.78, 5) is 0.0475. The number of hydrogen-bond donors (Lipinski definition) is 1. The molecule has 2 rings (SSSR count). The van der Waals surface area contributed by atoms with Crippen LogP contribution in [0.15, 0.2) is 27.5 Å². The molecule has 1 aromatic rings. The molecule has 1 aromatic carbocycles. The van der Waals surface area contributed by atoms with Crippen LogP contribution in [0.4, 0.5) is 5.69 Å². The number of thioether (sulfide) groups is 1. The van der Waals surface area contributed by atoms with E-state index in [9.17, 15) is 8.42 Å². The van der Waals surface area contributed by atoms with Crippen LogP contribution in [0.25, 0.3) is 0 Å². The third kappa shape index (κ3) is 2.54. The first-order valence-electron chi connectivity index (χ1n) is 4.44. The van der Waals surface area contributed by atoms with Crippen molar-refractivity contribution in [3.63, 3.8) is 0 Å². The molecule has 1 N–H and O–H groups in total. The zero-order valence-corrected chi connectivity index (χ0v) is 10.7. The Kier molecular flexibility index (Phi) is 3.28. The van der Waals surface area contributed by atoms with Gasteiger partial charge in [0.1, 0.15) is 4.90 Å². The van der Waals surface area contributed by atoms with Gasteiger partial charge in [-0.1, -0.05) is 23.4 Å². The Morgan fingerprint density at radius 1 is 1.53 bits per heavy atom. The predicted molar refractivity (Wildman–Crippen MR) is 67.8 cm³/mol. The summed E-state index contributed by atoms with van der Waals surface area (Å²) >= 11 is 6.77. The molecule has 0 unspecified atom stereocenters. The minimum absolute atomic E-state index is 0.0475. The molecule has 0 radical (unpaired) electrons. The SMILES string of the molecule is N#CCSC1=NS(=O)(=O)c2cc(Cl)ccc2N1. The summed E-state index contributed by atoms with van der Waals surface area (Å²) in [7, 11) is -3.73. The molecule has 0 bridgehead atoms. The molecule has 88 valence electrons. The van der Waals surface area contributed by atoms with E-state index in [-0.39, 0.29) is 15.8 Å². The normalized spacial score (nSPS) is 16.4. The Morgan fingerprint density at radius 3 is 3.00 bits per heavy atom. The Morgan fingerprint density at radius 2 is 2.29 bits per heavy atom. The average molecular weight is 288 g/mol. The molecule has 0 spiro atoms. The van der Waals surface area contributed by atoms with E-state index in [1.165, 1.54) is 6.07 Å². The summed E-state index contributed by atoms with van der Waals surface area (Å²) in [6.45, 7) is 0. The van der Waals surface area contributed by atoms with E-state index >= 15 is 0 Å². The molecular weight excluding hydrogens is 282 g/mol. The van der Waals surface area contributed by atoms with Crippen molar-refractivity contribution < 1.29 is 8.42 Å². The zero-order chi connectivity index (χ0) is 12.5. The number of fused-ring (bicyclic) bond motifs is 1. The van der Waals surface area contributed by atoms with Crippen LogP contribution in [-0.2, 0) is 10.0 Å². The van der Waals surface area contributed by atoms with Gasteiger partial charge in [0, 0.05) is 5.02 Å². The third-order valence-electron chi connectivity index (χ3n) is 1.94. The smallest absolute Gasteiger partial charge is 0.286 e. The summed E-state index contributed by atoms with van der Waals surface area (Å²) in [5.41, 5.74) is 0.421. The highest BCUT2D eigenvalue weighted by Crippen LogP contribution is 2.31. The van der Waals surface area contributed by atoms with E-state index in [4.69, 9.17) is 16.9 Å². The molecule has 0 aliphatic carbocycles. The summed E-state index contributed by atoms with van der Waals surface area (Å²) in [6, 6.07) is 6.39. The molecule has 1 aliphatic rings. The number of amidine groups is 1. The number of anilines is 1. The molecule has 0 amide bonds. The van der Waals surface area contributed by atoms with Gasteiger partial charge < -0.3 is 5.32 Å². The zero-order valence-electron chi connectivity index (χ0n) is 8.34. The van der Waals surface area contributed by atoms with E-state index in [0.717, 1.165) is 11.8 Å². The molecular formula is C9H6ClN3O2S2. The van der Waals surface area contributed by atoms with Crippen molar-refractivity contribution in [2.24, 2.45) is 4.40 Å². The highest BCUT2D eigenvalue weighted by Gasteiger charge is 2.25. The molecule has 1 heterocycles. The van der Waals surface area contributed by atoms with Gasteiger partial charge in [-0.15, -0.1) is 4.40 Å². The van der Waals surface area contributed by atoms with Crippen molar-refractivity contribution >= 4 is 44.2 Å². The predicted octanol–water partition coefficient (Wildman–Crippen LogP) is 2.07. The van der Waals surface area contributed by atoms with E-state index in [1.807, 2.05) is 6.07 Å². The number of nitrogens with zero attached hydrogens (tertiary/aromatic N) is 2. The average Bonchev–Trinajstić information content (AvgIpc) is 2.27. The Bertz CT molecular complexity index is 634.